The van der Waals surface area contributed by atoms with Crippen LogP contribution in [-0.4, -0.2) is 18.3 Å². The molecule has 0 spiro atoms. The monoisotopic (exact) mass is 376 g/mol. The van der Waals surface area contributed by atoms with Crippen molar-refractivity contribution in [2.45, 2.75) is 38.6 Å². The molecule has 0 fully saturated rings. The van der Waals surface area contributed by atoms with Crippen LogP contribution in [0, 0.1) is 0 Å². The Labute approximate surface area is 160 Å². The van der Waals surface area contributed by atoms with E-state index in [1.54, 1.807) is 13.2 Å². The largest absolute Gasteiger partial charge is 0.495 e. The normalized spacial score (nSPS) is 12.4. The number of halogens is 1. The zero-order chi connectivity index (χ0) is 18.4. The van der Waals surface area contributed by atoms with Crippen molar-refractivity contribution in [2.75, 3.05) is 12.4 Å². The molecule has 25 heavy (non-hydrogen) atoms. The van der Waals surface area contributed by atoms with Crippen LogP contribution in [0.3, 0.4) is 0 Å². The van der Waals surface area contributed by atoms with Gasteiger partial charge >= 0.3 is 0 Å². The number of hydrogen-bond acceptors (Lipinski definition) is 2. The summed E-state index contributed by atoms with van der Waals surface area (Å²) in [5.41, 5.74) is 2.22. The average molecular weight is 377 g/mol. The standard InChI is InChI=1S/C20H25ClN2OS/c1-14(13-20(2,3)15-8-6-5-7-9-15)22-19(25)23-16-10-11-18(24-4)17(21)12-16/h5-12,14H,13H2,1-4H3,(H2,22,23,25)/t14-/m0/s1. The van der Waals surface area contributed by atoms with Crippen molar-refractivity contribution in [3.63, 3.8) is 0 Å². The van der Waals surface area contributed by atoms with Gasteiger partial charge in [-0.1, -0.05) is 55.8 Å². The number of benzene rings is 2. The Kier molecular flexibility index (Phi) is 6.68. The molecule has 2 N–H and O–H groups in total. The summed E-state index contributed by atoms with van der Waals surface area (Å²) in [6.07, 6.45) is 0.961. The van der Waals surface area contributed by atoms with Gasteiger partial charge in [0.1, 0.15) is 5.75 Å². The molecule has 0 radical (unpaired) electrons. The maximum absolute atomic E-state index is 6.14. The van der Waals surface area contributed by atoms with E-state index in [1.807, 2.05) is 18.2 Å². The molecule has 3 nitrogen and oxygen atoms in total. The second-order valence-electron chi connectivity index (χ2n) is 6.80. The van der Waals surface area contributed by atoms with Crippen LogP contribution >= 0.6 is 23.8 Å². The lowest BCUT2D eigenvalue weighted by atomic mass is 9.79. The van der Waals surface area contributed by atoms with Crippen molar-refractivity contribution in [3.8, 4) is 5.75 Å². The predicted octanol–water partition coefficient (Wildman–Crippen LogP) is 5.39. The van der Waals surface area contributed by atoms with Gasteiger partial charge in [-0.2, -0.15) is 0 Å². The van der Waals surface area contributed by atoms with E-state index in [0.29, 0.717) is 15.9 Å². The number of methoxy groups -OCH3 is 1. The lowest BCUT2D eigenvalue weighted by Crippen LogP contribution is -2.39. The van der Waals surface area contributed by atoms with Crippen LogP contribution in [0.1, 0.15) is 32.8 Å². The molecule has 0 saturated heterocycles. The second-order valence-corrected chi connectivity index (χ2v) is 7.62. The zero-order valence-electron chi connectivity index (χ0n) is 15.1. The second kappa shape index (κ2) is 8.54. The van der Waals surface area contributed by atoms with Gasteiger partial charge in [0.05, 0.1) is 12.1 Å². The van der Waals surface area contributed by atoms with Crippen LogP contribution in [0.5, 0.6) is 5.75 Å². The van der Waals surface area contributed by atoms with Crippen LogP contribution in [-0.2, 0) is 5.41 Å². The SMILES string of the molecule is COc1ccc(NC(=S)N[C@@H](C)CC(C)(C)c2ccccc2)cc1Cl. The van der Waals surface area contributed by atoms with E-state index in [-0.39, 0.29) is 11.5 Å². The Hall–Kier alpha value is -1.78. The number of thiocarbonyl (C=S) groups is 1. The van der Waals surface area contributed by atoms with Crippen molar-refractivity contribution < 1.29 is 4.74 Å². The van der Waals surface area contributed by atoms with Crippen LogP contribution in [0.25, 0.3) is 0 Å². The summed E-state index contributed by atoms with van der Waals surface area (Å²) >= 11 is 11.6. The summed E-state index contributed by atoms with van der Waals surface area (Å²) < 4.78 is 5.16. The number of anilines is 1. The lowest BCUT2D eigenvalue weighted by Gasteiger charge is -2.29. The molecule has 0 aromatic heterocycles. The third-order valence-electron chi connectivity index (χ3n) is 4.16. The quantitative estimate of drug-likeness (QED) is 0.662. The van der Waals surface area contributed by atoms with Gasteiger partial charge < -0.3 is 15.4 Å². The minimum atomic E-state index is 0.0622. The number of nitrogens with one attached hydrogen (secondary N) is 2. The van der Waals surface area contributed by atoms with E-state index < -0.39 is 0 Å². The minimum absolute atomic E-state index is 0.0622. The molecule has 0 aliphatic rings. The fraction of sp³-hybridized carbons (Fsp3) is 0.350. The van der Waals surface area contributed by atoms with Crippen molar-refractivity contribution in [1.82, 2.24) is 5.32 Å². The van der Waals surface area contributed by atoms with Crippen molar-refractivity contribution >= 4 is 34.6 Å². The highest BCUT2D eigenvalue weighted by atomic mass is 35.5. The highest BCUT2D eigenvalue weighted by Crippen LogP contribution is 2.29. The molecule has 2 aromatic carbocycles. The first-order chi connectivity index (χ1) is 11.8. The van der Waals surface area contributed by atoms with E-state index in [2.05, 4.69) is 55.7 Å². The molecule has 5 heteroatoms. The van der Waals surface area contributed by atoms with E-state index in [9.17, 15) is 0 Å². The van der Waals surface area contributed by atoms with Crippen LogP contribution in [0.15, 0.2) is 48.5 Å². The van der Waals surface area contributed by atoms with Gasteiger partial charge in [0.2, 0.25) is 0 Å². The fourth-order valence-electron chi connectivity index (χ4n) is 2.96. The van der Waals surface area contributed by atoms with Crippen molar-refractivity contribution in [3.05, 3.63) is 59.1 Å². The van der Waals surface area contributed by atoms with Gasteiger partial charge in [0.25, 0.3) is 0 Å². The Morgan fingerprint density at radius 3 is 2.48 bits per heavy atom. The fourth-order valence-corrected chi connectivity index (χ4v) is 3.54. The summed E-state index contributed by atoms with van der Waals surface area (Å²) in [7, 11) is 1.59. The van der Waals surface area contributed by atoms with Gasteiger partial charge in [-0.3, -0.25) is 0 Å². The van der Waals surface area contributed by atoms with E-state index >= 15 is 0 Å². The van der Waals surface area contributed by atoms with E-state index in [0.717, 1.165) is 12.1 Å². The number of ether oxygens (including phenoxy) is 1. The molecule has 1 atom stereocenters. The zero-order valence-corrected chi connectivity index (χ0v) is 16.7. The summed E-state index contributed by atoms with van der Waals surface area (Å²) in [5, 5.41) is 7.65. The molecule has 0 unspecified atom stereocenters. The molecule has 0 aliphatic heterocycles. The summed E-state index contributed by atoms with van der Waals surface area (Å²) in [6, 6.07) is 16.3. The first kappa shape index (κ1) is 19.5. The summed E-state index contributed by atoms with van der Waals surface area (Å²) in [4.78, 5) is 0. The molecule has 0 heterocycles. The molecule has 134 valence electrons. The first-order valence-electron chi connectivity index (χ1n) is 8.28. The van der Waals surface area contributed by atoms with Gasteiger partial charge in [-0.05, 0) is 54.7 Å². The summed E-state index contributed by atoms with van der Waals surface area (Å²) in [6.45, 7) is 6.64. The predicted molar refractivity (Wildman–Crippen MR) is 111 cm³/mol. The highest BCUT2D eigenvalue weighted by Gasteiger charge is 2.23. The highest BCUT2D eigenvalue weighted by molar-refractivity contribution is 7.80. The van der Waals surface area contributed by atoms with Gasteiger partial charge in [-0.25, -0.2) is 0 Å². The minimum Gasteiger partial charge on any atom is -0.495 e. The third-order valence-corrected chi connectivity index (χ3v) is 4.67. The first-order valence-corrected chi connectivity index (χ1v) is 9.07. The maximum Gasteiger partial charge on any atom is 0.170 e. The molecular weight excluding hydrogens is 352 g/mol. The van der Waals surface area contributed by atoms with Crippen LogP contribution < -0.4 is 15.4 Å². The Bertz CT molecular complexity index is 719. The molecule has 2 aromatic rings. The topological polar surface area (TPSA) is 33.3 Å². The third kappa shape index (κ3) is 5.62. The molecule has 0 aliphatic carbocycles. The molecule has 0 saturated carbocycles. The maximum atomic E-state index is 6.14. The Morgan fingerprint density at radius 1 is 1.20 bits per heavy atom. The molecule has 2 rings (SSSR count). The molecule has 0 bridgehead atoms. The van der Waals surface area contributed by atoms with Crippen LogP contribution in [0.4, 0.5) is 5.69 Å². The molecular formula is C20H25ClN2OS. The van der Waals surface area contributed by atoms with E-state index in [4.69, 9.17) is 28.6 Å². The Morgan fingerprint density at radius 2 is 1.88 bits per heavy atom. The number of rotatable bonds is 6. The average Bonchev–Trinajstić information content (AvgIpc) is 2.55. The van der Waals surface area contributed by atoms with Crippen molar-refractivity contribution in [2.24, 2.45) is 0 Å². The Balaban J connectivity index is 1.93. The smallest absolute Gasteiger partial charge is 0.170 e. The van der Waals surface area contributed by atoms with Crippen LogP contribution in [0.2, 0.25) is 5.02 Å². The van der Waals surface area contributed by atoms with Crippen molar-refractivity contribution in [1.29, 1.82) is 0 Å². The van der Waals surface area contributed by atoms with Gasteiger partial charge in [0.15, 0.2) is 5.11 Å². The van der Waals surface area contributed by atoms with Gasteiger partial charge in [-0.15, -0.1) is 0 Å². The van der Waals surface area contributed by atoms with E-state index in [1.165, 1.54) is 5.56 Å². The van der Waals surface area contributed by atoms with Gasteiger partial charge in [0, 0.05) is 11.7 Å². The molecule has 0 amide bonds. The summed E-state index contributed by atoms with van der Waals surface area (Å²) in [5.74, 6) is 0.643. The number of hydrogen-bond donors (Lipinski definition) is 2. The lowest BCUT2D eigenvalue weighted by molar-refractivity contribution is 0.415.